The van der Waals surface area contributed by atoms with E-state index in [9.17, 15) is 4.79 Å². The molecule has 0 saturated carbocycles. The average molecular weight is 290 g/mol. The van der Waals surface area contributed by atoms with Gasteiger partial charge in [-0.3, -0.25) is 15.6 Å². The van der Waals surface area contributed by atoms with Gasteiger partial charge in [-0.15, -0.1) is 11.3 Å². The molecular weight excluding hydrogens is 272 g/mol. The van der Waals surface area contributed by atoms with Crippen LogP contribution in [0.1, 0.15) is 22.2 Å². The van der Waals surface area contributed by atoms with Gasteiger partial charge in [-0.2, -0.15) is 0 Å². The van der Waals surface area contributed by atoms with Gasteiger partial charge in [-0.05, 0) is 24.4 Å². The molecule has 0 aliphatic heterocycles. The lowest BCUT2D eigenvalue weighted by Crippen LogP contribution is -2.36. The number of anilines is 1. The van der Waals surface area contributed by atoms with Crippen LogP contribution in [0.25, 0.3) is 0 Å². The minimum Gasteiger partial charge on any atom is -0.339 e. The Hall–Kier alpha value is -1.92. The summed E-state index contributed by atoms with van der Waals surface area (Å²) >= 11 is 1.70. The summed E-state index contributed by atoms with van der Waals surface area (Å²) in [6, 6.07) is 5.89. The number of hydrazine groups is 1. The maximum atomic E-state index is 12.5. The summed E-state index contributed by atoms with van der Waals surface area (Å²) in [4.78, 5) is 19.5. The van der Waals surface area contributed by atoms with Crippen LogP contribution in [-0.4, -0.2) is 28.9 Å². The Balaban J connectivity index is 2.11. The Bertz CT molecular complexity index is 570. The van der Waals surface area contributed by atoms with Gasteiger partial charge in [-0.1, -0.05) is 6.07 Å². The summed E-state index contributed by atoms with van der Waals surface area (Å²) in [5, 5.41) is 2.04. The maximum Gasteiger partial charge on any atom is 0.256 e. The van der Waals surface area contributed by atoms with Crippen LogP contribution in [-0.2, 0) is 6.42 Å². The molecule has 3 N–H and O–H groups in total. The number of likely N-dealkylation sites (N-methyl/N-ethyl adjacent to an activating group) is 1. The molecule has 106 valence electrons. The van der Waals surface area contributed by atoms with Crippen molar-refractivity contribution in [2.45, 2.75) is 19.4 Å². The summed E-state index contributed by atoms with van der Waals surface area (Å²) < 4.78 is 0. The van der Waals surface area contributed by atoms with E-state index in [1.165, 1.54) is 4.88 Å². The number of nitrogens with zero attached hydrogens (tertiary/aromatic N) is 2. The molecule has 5 nitrogen and oxygen atoms in total. The van der Waals surface area contributed by atoms with Crippen LogP contribution in [0.2, 0.25) is 0 Å². The zero-order chi connectivity index (χ0) is 14.5. The lowest BCUT2D eigenvalue weighted by molar-refractivity contribution is 0.0745. The first-order valence-corrected chi connectivity index (χ1v) is 7.21. The molecule has 2 rings (SSSR count). The van der Waals surface area contributed by atoms with Gasteiger partial charge >= 0.3 is 0 Å². The number of hydrogen-bond acceptors (Lipinski definition) is 5. The third kappa shape index (κ3) is 3.15. The molecule has 0 saturated heterocycles. The van der Waals surface area contributed by atoms with Crippen LogP contribution in [0, 0.1) is 0 Å². The molecule has 2 heterocycles. The number of carbonyl (C=O) groups is 1. The van der Waals surface area contributed by atoms with E-state index in [4.69, 9.17) is 5.84 Å². The number of amides is 1. The second-order valence-corrected chi connectivity index (χ2v) is 5.65. The number of nitrogen functional groups attached to an aromatic ring is 1. The monoisotopic (exact) mass is 290 g/mol. The summed E-state index contributed by atoms with van der Waals surface area (Å²) in [5.41, 5.74) is 3.57. The number of carbonyl (C=O) groups excluding carboxylic acids is 1. The van der Waals surface area contributed by atoms with Crippen LogP contribution in [0.3, 0.4) is 0 Å². The van der Waals surface area contributed by atoms with Crippen molar-refractivity contribution in [2.75, 3.05) is 12.5 Å². The van der Waals surface area contributed by atoms with E-state index in [0.29, 0.717) is 11.3 Å². The lowest BCUT2D eigenvalue weighted by Gasteiger charge is -2.25. The second kappa shape index (κ2) is 6.49. The van der Waals surface area contributed by atoms with Crippen molar-refractivity contribution in [1.82, 2.24) is 9.88 Å². The Morgan fingerprint density at radius 1 is 1.55 bits per heavy atom. The first kappa shape index (κ1) is 14.5. The summed E-state index contributed by atoms with van der Waals surface area (Å²) in [6.45, 7) is 2.04. The highest BCUT2D eigenvalue weighted by Crippen LogP contribution is 2.18. The number of rotatable bonds is 5. The van der Waals surface area contributed by atoms with Gasteiger partial charge in [0.1, 0.15) is 0 Å². The first-order valence-electron chi connectivity index (χ1n) is 6.33. The minimum atomic E-state index is -0.0654. The van der Waals surface area contributed by atoms with E-state index in [1.54, 1.807) is 41.7 Å². The molecule has 2 aromatic rings. The van der Waals surface area contributed by atoms with Crippen molar-refractivity contribution in [3.63, 3.8) is 0 Å². The average Bonchev–Trinajstić information content (AvgIpc) is 2.98. The third-order valence-corrected chi connectivity index (χ3v) is 4.16. The van der Waals surface area contributed by atoms with E-state index in [2.05, 4.69) is 16.5 Å². The molecule has 0 fully saturated rings. The highest BCUT2D eigenvalue weighted by Gasteiger charge is 2.20. The van der Waals surface area contributed by atoms with Crippen molar-refractivity contribution in [2.24, 2.45) is 5.84 Å². The molecule has 0 aliphatic rings. The van der Waals surface area contributed by atoms with Crippen LogP contribution in [0.5, 0.6) is 0 Å². The molecule has 2 aromatic heterocycles. The SMILES string of the molecule is CC(Cc1cccs1)N(C)C(=O)c1ccncc1NN. The number of nitrogens with one attached hydrogen (secondary N) is 1. The molecule has 6 heteroatoms. The Labute approximate surface area is 122 Å². The molecule has 1 amide bonds. The molecule has 0 spiro atoms. The molecule has 0 aliphatic carbocycles. The van der Waals surface area contributed by atoms with Gasteiger partial charge in [0.25, 0.3) is 5.91 Å². The van der Waals surface area contributed by atoms with E-state index >= 15 is 0 Å². The smallest absolute Gasteiger partial charge is 0.256 e. The van der Waals surface area contributed by atoms with Gasteiger partial charge in [0.2, 0.25) is 0 Å². The van der Waals surface area contributed by atoms with Crippen molar-refractivity contribution in [3.05, 3.63) is 46.4 Å². The highest BCUT2D eigenvalue weighted by molar-refractivity contribution is 7.09. The number of nitrogens with two attached hydrogens (primary N) is 1. The molecular formula is C14H18N4OS. The summed E-state index contributed by atoms with van der Waals surface area (Å²) in [6.07, 6.45) is 3.98. The number of aromatic nitrogens is 1. The summed E-state index contributed by atoms with van der Waals surface area (Å²) in [5.74, 6) is 5.35. The fourth-order valence-corrected chi connectivity index (χ4v) is 2.77. The third-order valence-electron chi connectivity index (χ3n) is 3.27. The predicted molar refractivity (Wildman–Crippen MR) is 81.6 cm³/mol. The molecule has 0 radical (unpaired) electrons. The zero-order valence-electron chi connectivity index (χ0n) is 11.5. The standard InChI is InChI=1S/C14H18N4OS/c1-10(8-11-4-3-7-20-11)18(2)14(19)12-5-6-16-9-13(12)17-15/h3-7,9-10,17H,8,15H2,1-2H3. The largest absolute Gasteiger partial charge is 0.339 e. The molecule has 0 bridgehead atoms. The fourth-order valence-electron chi connectivity index (χ4n) is 1.94. The Morgan fingerprint density at radius 2 is 2.35 bits per heavy atom. The highest BCUT2D eigenvalue weighted by atomic mass is 32.1. The fraction of sp³-hybridized carbons (Fsp3) is 0.286. The topological polar surface area (TPSA) is 71.2 Å². The predicted octanol–water partition coefficient (Wildman–Crippen LogP) is 2.13. The van der Waals surface area contributed by atoms with Crippen molar-refractivity contribution in [3.8, 4) is 0 Å². The van der Waals surface area contributed by atoms with E-state index < -0.39 is 0 Å². The van der Waals surface area contributed by atoms with E-state index in [0.717, 1.165) is 6.42 Å². The number of hydrogen-bond donors (Lipinski definition) is 2. The zero-order valence-corrected chi connectivity index (χ0v) is 12.4. The number of pyridine rings is 1. The van der Waals surface area contributed by atoms with Crippen LogP contribution in [0.15, 0.2) is 36.0 Å². The van der Waals surface area contributed by atoms with Crippen LogP contribution < -0.4 is 11.3 Å². The molecule has 20 heavy (non-hydrogen) atoms. The van der Waals surface area contributed by atoms with Gasteiger partial charge < -0.3 is 10.3 Å². The van der Waals surface area contributed by atoms with Gasteiger partial charge in [0.05, 0.1) is 17.4 Å². The Kier molecular flexibility index (Phi) is 4.70. The molecule has 0 aromatic carbocycles. The van der Waals surface area contributed by atoms with Gasteiger partial charge in [0, 0.05) is 30.6 Å². The molecule has 1 unspecified atom stereocenters. The summed E-state index contributed by atoms with van der Waals surface area (Å²) in [7, 11) is 1.81. The van der Waals surface area contributed by atoms with Crippen molar-refractivity contribution >= 4 is 22.9 Å². The van der Waals surface area contributed by atoms with Crippen molar-refractivity contribution in [1.29, 1.82) is 0 Å². The van der Waals surface area contributed by atoms with Crippen LogP contribution in [0.4, 0.5) is 5.69 Å². The Morgan fingerprint density at radius 3 is 3.00 bits per heavy atom. The maximum absolute atomic E-state index is 12.5. The first-order chi connectivity index (χ1) is 9.63. The number of thiophene rings is 1. The van der Waals surface area contributed by atoms with Crippen molar-refractivity contribution < 1.29 is 4.79 Å². The van der Waals surface area contributed by atoms with Gasteiger partial charge in [0.15, 0.2) is 0 Å². The van der Waals surface area contributed by atoms with Crippen LogP contribution >= 0.6 is 11.3 Å². The second-order valence-electron chi connectivity index (χ2n) is 4.61. The van der Waals surface area contributed by atoms with E-state index in [1.807, 2.05) is 18.4 Å². The quantitative estimate of drug-likeness (QED) is 0.653. The minimum absolute atomic E-state index is 0.0654. The molecule has 1 atom stereocenters. The lowest BCUT2D eigenvalue weighted by atomic mass is 10.1. The van der Waals surface area contributed by atoms with E-state index in [-0.39, 0.29) is 11.9 Å². The normalized spacial score (nSPS) is 11.9. The van der Waals surface area contributed by atoms with Gasteiger partial charge in [-0.25, -0.2) is 0 Å².